The molecule has 0 saturated carbocycles. The van der Waals surface area contributed by atoms with E-state index in [9.17, 15) is 0 Å². The minimum atomic E-state index is 0. The van der Waals surface area contributed by atoms with Gasteiger partial charge in [0.25, 0.3) is 0 Å². The van der Waals surface area contributed by atoms with Crippen LogP contribution in [0.15, 0.2) is 0 Å². The van der Waals surface area contributed by atoms with Crippen LogP contribution in [-0.2, 0) is 77.9 Å². The van der Waals surface area contributed by atoms with Crippen molar-refractivity contribution in [3.8, 4) is 0 Å². The summed E-state index contributed by atoms with van der Waals surface area (Å²) in [5.41, 5.74) is 0. The fraction of sp³-hybridized carbons (Fsp3) is 0. The summed E-state index contributed by atoms with van der Waals surface area (Å²) in [6.07, 6.45) is 0. The zero-order valence-electron chi connectivity index (χ0n) is 2.19. The summed E-state index contributed by atoms with van der Waals surface area (Å²) >= 11 is 0. The Labute approximate surface area is 93.7 Å². The van der Waals surface area contributed by atoms with Crippen LogP contribution in [0.25, 0.3) is 0 Å². The van der Waals surface area contributed by atoms with Crippen molar-refractivity contribution in [3.05, 3.63) is 0 Å². The van der Waals surface area contributed by atoms with Crippen molar-refractivity contribution in [3.63, 3.8) is 0 Å². The topological polar surface area (TPSA) is 0 Å². The molecule has 0 unspecified atom stereocenters. The molecule has 0 fully saturated rings. The Morgan fingerprint density at radius 3 is 1.00 bits per heavy atom. The molecule has 4 radical (unpaired) electrons. The largest absolute Gasteiger partial charge is 0 e. The van der Waals surface area contributed by atoms with Crippen LogP contribution in [0.4, 0.5) is 0 Å². The number of rotatable bonds is 0. The molecule has 0 aliphatic heterocycles. The Morgan fingerprint density at radius 1 is 1.00 bits per heavy atom. The average molecular weight is 324 g/mol. The molecule has 0 aromatic rings. The standard InChI is InChI=1S/Al.Cr.Fe.Mo.Nb. The molecule has 0 N–H and O–H groups in total. The SMILES string of the molecule is [Al].[Cr].[Fe].[Mo].[Nb]. The molecule has 0 heterocycles. The molecule has 0 aliphatic rings. The first kappa shape index (κ1) is 43.4. The van der Waals surface area contributed by atoms with Gasteiger partial charge in [0.1, 0.15) is 0 Å². The minimum Gasteiger partial charge on any atom is 0 e. The fourth-order valence-electron chi connectivity index (χ4n) is 0. The van der Waals surface area contributed by atoms with Gasteiger partial charge in [-0.25, -0.2) is 0 Å². The second-order valence-electron chi connectivity index (χ2n) is 0. The molecule has 0 atom stereocenters. The van der Waals surface area contributed by atoms with Gasteiger partial charge in [0.2, 0.25) is 0 Å². The molecule has 5 heteroatoms. The van der Waals surface area contributed by atoms with Crippen molar-refractivity contribution in [2.24, 2.45) is 0 Å². The van der Waals surface area contributed by atoms with Crippen molar-refractivity contribution in [2.45, 2.75) is 0 Å². The van der Waals surface area contributed by atoms with Crippen LogP contribution in [0.3, 0.4) is 0 Å². The smallest absolute Gasteiger partial charge is 0 e. The molecule has 0 spiro atoms. The van der Waals surface area contributed by atoms with Gasteiger partial charge in [0.15, 0.2) is 0 Å². The summed E-state index contributed by atoms with van der Waals surface area (Å²) in [6, 6.07) is 0. The number of hydrogen-bond donors (Lipinski definition) is 0. The fourth-order valence-corrected chi connectivity index (χ4v) is 0. The van der Waals surface area contributed by atoms with Gasteiger partial charge in [0, 0.05) is 95.2 Å². The van der Waals surface area contributed by atoms with E-state index in [0.717, 1.165) is 0 Å². The third kappa shape index (κ3) is 19.4. The number of hydrogen-bond acceptors (Lipinski definition) is 0. The van der Waals surface area contributed by atoms with E-state index in [0.29, 0.717) is 0 Å². The van der Waals surface area contributed by atoms with Crippen LogP contribution >= 0.6 is 0 Å². The molecule has 0 rings (SSSR count). The van der Waals surface area contributed by atoms with Gasteiger partial charge in [-0.1, -0.05) is 0 Å². The van der Waals surface area contributed by atoms with Crippen LogP contribution in [-0.4, -0.2) is 17.4 Å². The van der Waals surface area contributed by atoms with E-state index < -0.39 is 0 Å². The Morgan fingerprint density at radius 2 is 1.00 bits per heavy atom. The molecule has 5 heavy (non-hydrogen) atoms. The van der Waals surface area contributed by atoms with E-state index in [1.807, 2.05) is 0 Å². The second kappa shape index (κ2) is 27.9. The van der Waals surface area contributed by atoms with Crippen molar-refractivity contribution < 1.29 is 77.9 Å². The van der Waals surface area contributed by atoms with E-state index in [4.69, 9.17) is 0 Å². The zero-order chi connectivity index (χ0) is 0. The first-order chi connectivity index (χ1) is 0. The van der Waals surface area contributed by atoms with Gasteiger partial charge in [-0.15, -0.1) is 0 Å². The Kier molecular flexibility index (Phi) is 243. The molecule has 0 aromatic carbocycles. The predicted octanol–water partition coefficient (Wildman–Crippen LogP) is -0.391. The quantitative estimate of drug-likeness (QED) is 0.533. The first-order valence-electron chi connectivity index (χ1n) is 0. The van der Waals surface area contributed by atoms with Crippen molar-refractivity contribution in [1.82, 2.24) is 0 Å². The van der Waals surface area contributed by atoms with E-state index >= 15 is 0 Å². The van der Waals surface area contributed by atoms with Crippen LogP contribution in [0, 0.1) is 0 Å². The molecule has 0 nitrogen and oxygen atoms in total. The molecule has 0 amide bonds. The minimum absolute atomic E-state index is 0. The van der Waals surface area contributed by atoms with Crippen LogP contribution in [0.5, 0.6) is 0 Å². The third-order valence-electron chi connectivity index (χ3n) is 0. The summed E-state index contributed by atoms with van der Waals surface area (Å²) in [6.45, 7) is 0. The normalized spacial score (nSPS) is 0. The maximum atomic E-state index is 0. The summed E-state index contributed by atoms with van der Waals surface area (Å²) in [5.74, 6) is 0. The molecular formula is AlCrFeMoNb. The first-order valence-corrected chi connectivity index (χ1v) is 0. The molecule has 0 aliphatic carbocycles. The van der Waals surface area contributed by atoms with Crippen LogP contribution < -0.4 is 0 Å². The molecule has 28 valence electrons. The van der Waals surface area contributed by atoms with Gasteiger partial charge >= 0.3 is 0 Å². The summed E-state index contributed by atoms with van der Waals surface area (Å²) in [4.78, 5) is 0. The summed E-state index contributed by atoms with van der Waals surface area (Å²) in [7, 11) is 0. The maximum Gasteiger partial charge on any atom is 0 e. The van der Waals surface area contributed by atoms with E-state index in [2.05, 4.69) is 0 Å². The Hall–Kier alpha value is 3.01. The van der Waals surface area contributed by atoms with Crippen LogP contribution in [0.2, 0.25) is 0 Å². The molecule has 0 aromatic heterocycles. The molecule has 0 bridgehead atoms. The van der Waals surface area contributed by atoms with E-state index in [-0.39, 0.29) is 95.2 Å². The Balaban J connectivity index is 0. The van der Waals surface area contributed by atoms with Gasteiger partial charge in [-0.05, 0) is 0 Å². The van der Waals surface area contributed by atoms with Crippen molar-refractivity contribution in [1.29, 1.82) is 0 Å². The van der Waals surface area contributed by atoms with Crippen LogP contribution in [0.1, 0.15) is 0 Å². The van der Waals surface area contributed by atoms with Gasteiger partial charge in [0.05, 0.1) is 0 Å². The second-order valence-corrected chi connectivity index (χ2v) is 0. The summed E-state index contributed by atoms with van der Waals surface area (Å²) in [5, 5.41) is 0. The van der Waals surface area contributed by atoms with E-state index in [1.165, 1.54) is 0 Å². The molecule has 0 saturated heterocycles. The predicted molar refractivity (Wildman–Crippen MR) is 5.75 cm³/mol. The third-order valence-corrected chi connectivity index (χ3v) is 0. The molecular weight excluding hydrogens is 324 g/mol. The van der Waals surface area contributed by atoms with Crippen molar-refractivity contribution in [2.75, 3.05) is 0 Å². The van der Waals surface area contributed by atoms with Gasteiger partial charge in [-0.3, -0.25) is 0 Å². The van der Waals surface area contributed by atoms with Crippen molar-refractivity contribution >= 4 is 17.4 Å². The van der Waals surface area contributed by atoms with Gasteiger partial charge in [-0.2, -0.15) is 0 Å². The maximum absolute atomic E-state index is 0. The summed E-state index contributed by atoms with van der Waals surface area (Å²) < 4.78 is 0. The monoisotopic (exact) mass is 326 g/mol. The van der Waals surface area contributed by atoms with Gasteiger partial charge < -0.3 is 0 Å². The van der Waals surface area contributed by atoms with E-state index in [1.54, 1.807) is 0 Å². The Bertz CT molecular complexity index is 11.6. The zero-order valence-corrected chi connectivity index (χ0v) is 9.93. The average Bonchev–Trinajstić information content (AvgIpc) is 0.